The second-order valence-electron chi connectivity index (χ2n) is 3.39. The van der Waals surface area contributed by atoms with Gasteiger partial charge in [-0.15, -0.1) is 0 Å². The summed E-state index contributed by atoms with van der Waals surface area (Å²) >= 11 is 5.54. The fourth-order valence-corrected chi connectivity index (χ4v) is 2.41. The first kappa shape index (κ1) is 12.6. The molecular formula is C11H7BrINO3. The van der Waals surface area contributed by atoms with Crippen molar-refractivity contribution in [3.8, 4) is 11.3 Å². The number of carboxylic acids is 1. The molecule has 88 valence electrons. The minimum absolute atomic E-state index is 0.104. The van der Waals surface area contributed by atoms with Crippen molar-refractivity contribution in [3.63, 3.8) is 0 Å². The molecular weight excluding hydrogens is 401 g/mol. The second-order valence-corrected chi connectivity index (χ2v) is 5.49. The van der Waals surface area contributed by atoms with Crippen LogP contribution >= 0.6 is 38.5 Å². The highest BCUT2D eigenvalue weighted by molar-refractivity contribution is 14.1. The molecule has 0 radical (unpaired) electrons. The van der Waals surface area contributed by atoms with Crippen molar-refractivity contribution in [3.05, 3.63) is 37.6 Å². The van der Waals surface area contributed by atoms with Gasteiger partial charge in [0.05, 0.1) is 0 Å². The van der Waals surface area contributed by atoms with Crippen LogP contribution in [0.25, 0.3) is 11.3 Å². The molecule has 2 aromatic rings. The summed E-state index contributed by atoms with van der Waals surface area (Å²) in [5, 5.41) is 13.0. The molecule has 0 bridgehead atoms. The van der Waals surface area contributed by atoms with E-state index >= 15 is 0 Å². The minimum atomic E-state index is -1.04. The molecule has 1 aromatic heterocycles. The smallest absolute Gasteiger partial charge is 0.341 e. The Morgan fingerprint density at radius 3 is 2.88 bits per heavy atom. The molecule has 1 N–H and O–H groups in total. The molecule has 0 aliphatic rings. The number of benzene rings is 1. The fraction of sp³-hybridized carbons (Fsp3) is 0.0909. The van der Waals surface area contributed by atoms with Crippen LogP contribution in [0.15, 0.2) is 27.2 Å². The van der Waals surface area contributed by atoms with Gasteiger partial charge < -0.3 is 9.63 Å². The molecule has 0 aliphatic heterocycles. The monoisotopic (exact) mass is 407 g/mol. The molecule has 1 aromatic carbocycles. The van der Waals surface area contributed by atoms with Crippen molar-refractivity contribution in [2.45, 2.75) is 6.92 Å². The molecule has 4 nitrogen and oxygen atoms in total. The molecule has 0 saturated heterocycles. The van der Waals surface area contributed by atoms with E-state index in [4.69, 9.17) is 9.63 Å². The van der Waals surface area contributed by atoms with Crippen molar-refractivity contribution in [1.29, 1.82) is 0 Å². The maximum absolute atomic E-state index is 11.2. The summed E-state index contributed by atoms with van der Waals surface area (Å²) in [5.74, 6) is -0.734. The predicted octanol–water partition coefficient (Wildman–Crippen LogP) is 3.72. The van der Waals surface area contributed by atoms with Crippen molar-refractivity contribution >= 4 is 44.5 Å². The highest BCUT2D eigenvalue weighted by Crippen LogP contribution is 2.32. The lowest BCUT2D eigenvalue weighted by Crippen LogP contribution is -1.99. The van der Waals surface area contributed by atoms with Crippen molar-refractivity contribution in [2.24, 2.45) is 0 Å². The zero-order valence-corrected chi connectivity index (χ0v) is 12.4. The molecule has 2 rings (SSSR count). The Morgan fingerprint density at radius 2 is 2.24 bits per heavy atom. The molecule has 0 amide bonds. The first-order chi connectivity index (χ1) is 8.00. The van der Waals surface area contributed by atoms with Gasteiger partial charge in [-0.2, -0.15) is 0 Å². The van der Waals surface area contributed by atoms with Crippen LogP contribution in [-0.2, 0) is 0 Å². The van der Waals surface area contributed by atoms with Gasteiger partial charge in [0.1, 0.15) is 17.0 Å². The van der Waals surface area contributed by atoms with Gasteiger partial charge in [0, 0.05) is 13.6 Å². The van der Waals surface area contributed by atoms with Crippen LogP contribution in [0.4, 0.5) is 0 Å². The SMILES string of the molecule is Cc1onc(-c2cc(I)ccc2Br)c1C(=O)O. The Kier molecular flexibility index (Phi) is 3.53. The van der Waals surface area contributed by atoms with Crippen LogP contribution in [0, 0.1) is 10.5 Å². The molecule has 1 heterocycles. The van der Waals surface area contributed by atoms with E-state index in [9.17, 15) is 4.79 Å². The average molecular weight is 408 g/mol. The van der Waals surface area contributed by atoms with Crippen LogP contribution in [0.1, 0.15) is 16.1 Å². The lowest BCUT2D eigenvalue weighted by Gasteiger charge is -2.02. The van der Waals surface area contributed by atoms with Crippen molar-refractivity contribution in [1.82, 2.24) is 5.16 Å². The Labute approximate surface area is 119 Å². The molecule has 0 saturated carbocycles. The summed E-state index contributed by atoms with van der Waals surface area (Å²) in [6.07, 6.45) is 0. The van der Waals surface area contributed by atoms with E-state index in [0.717, 1.165) is 8.04 Å². The number of hydrogen-bond donors (Lipinski definition) is 1. The molecule has 0 aliphatic carbocycles. The third-order valence-corrected chi connectivity index (χ3v) is 3.62. The van der Waals surface area contributed by atoms with Gasteiger partial charge in [0.15, 0.2) is 0 Å². The summed E-state index contributed by atoms with van der Waals surface area (Å²) in [6.45, 7) is 1.59. The summed E-state index contributed by atoms with van der Waals surface area (Å²) in [5.41, 5.74) is 1.17. The quantitative estimate of drug-likeness (QED) is 0.770. The number of nitrogens with zero attached hydrogens (tertiary/aromatic N) is 1. The highest BCUT2D eigenvalue weighted by atomic mass is 127. The van der Waals surface area contributed by atoms with Crippen molar-refractivity contribution < 1.29 is 14.4 Å². The van der Waals surface area contributed by atoms with E-state index in [0.29, 0.717) is 17.0 Å². The van der Waals surface area contributed by atoms with Gasteiger partial charge in [-0.25, -0.2) is 4.79 Å². The predicted molar refractivity (Wildman–Crippen MR) is 74.1 cm³/mol. The normalized spacial score (nSPS) is 10.5. The third-order valence-electron chi connectivity index (χ3n) is 2.26. The molecule has 0 atom stereocenters. The van der Waals surface area contributed by atoms with Gasteiger partial charge in [0.25, 0.3) is 0 Å². The average Bonchev–Trinajstić information content (AvgIpc) is 2.64. The van der Waals surface area contributed by atoms with Crippen LogP contribution in [-0.4, -0.2) is 16.2 Å². The van der Waals surface area contributed by atoms with Crippen LogP contribution in [0.3, 0.4) is 0 Å². The van der Waals surface area contributed by atoms with E-state index in [-0.39, 0.29) is 5.56 Å². The summed E-state index contributed by atoms with van der Waals surface area (Å²) in [7, 11) is 0. The molecule has 6 heteroatoms. The van der Waals surface area contributed by atoms with Crippen LogP contribution in [0.2, 0.25) is 0 Å². The fourth-order valence-electron chi connectivity index (χ4n) is 1.49. The Bertz CT molecular complexity index is 594. The maximum Gasteiger partial charge on any atom is 0.341 e. The van der Waals surface area contributed by atoms with E-state index in [1.807, 2.05) is 18.2 Å². The first-order valence-corrected chi connectivity index (χ1v) is 6.53. The lowest BCUT2D eigenvalue weighted by molar-refractivity contribution is 0.0696. The number of aromatic carboxylic acids is 1. The van der Waals surface area contributed by atoms with Gasteiger partial charge >= 0.3 is 5.97 Å². The molecule has 17 heavy (non-hydrogen) atoms. The number of hydrogen-bond acceptors (Lipinski definition) is 3. The summed E-state index contributed by atoms with van der Waals surface area (Å²) < 4.78 is 6.74. The van der Waals surface area contributed by atoms with Gasteiger partial charge in [-0.1, -0.05) is 21.1 Å². The van der Waals surface area contributed by atoms with Gasteiger partial charge in [-0.05, 0) is 47.7 Å². The number of carboxylic acid groups (broad SMARTS) is 1. The lowest BCUT2D eigenvalue weighted by atomic mass is 10.1. The van der Waals surface area contributed by atoms with E-state index in [2.05, 4.69) is 43.7 Å². The van der Waals surface area contributed by atoms with E-state index < -0.39 is 5.97 Å². The number of halogens is 2. The highest BCUT2D eigenvalue weighted by Gasteiger charge is 2.22. The topological polar surface area (TPSA) is 63.3 Å². The zero-order valence-electron chi connectivity index (χ0n) is 8.70. The first-order valence-electron chi connectivity index (χ1n) is 4.65. The number of carbonyl (C=O) groups is 1. The van der Waals surface area contributed by atoms with Crippen LogP contribution < -0.4 is 0 Å². The number of aromatic nitrogens is 1. The second kappa shape index (κ2) is 4.77. The Morgan fingerprint density at radius 1 is 1.53 bits per heavy atom. The summed E-state index contributed by atoms with van der Waals surface area (Å²) in [6, 6.07) is 5.63. The molecule has 0 fully saturated rings. The molecule has 0 unspecified atom stereocenters. The van der Waals surface area contributed by atoms with Gasteiger partial charge in [0.2, 0.25) is 0 Å². The number of aryl methyl sites for hydroxylation is 1. The Balaban J connectivity index is 2.68. The minimum Gasteiger partial charge on any atom is -0.477 e. The Hall–Kier alpha value is -0.890. The van der Waals surface area contributed by atoms with Crippen molar-refractivity contribution in [2.75, 3.05) is 0 Å². The standard InChI is InChI=1S/C11H7BrINO3/c1-5-9(11(15)16)10(14-17-5)7-4-6(13)2-3-8(7)12/h2-4H,1H3,(H,15,16). The van der Waals surface area contributed by atoms with E-state index in [1.165, 1.54) is 0 Å². The zero-order chi connectivity index (χ0) is 12.6. The third kappa shape index (κ3) is 2.37. The molecule has 0 spiro atoms. The summed E-state index contributed by atoms with van der Waals surface area (Å²) in [4.78, 5) is 11.2. The largest absolute Gasteiger partial charge is 0.477 e. The van der Waals surface area contributed by atoms with E-state index in [1.54, 1.807) is 6.92 Å². The maximum atomic E-state index is 11.2. The van der Waals surface area contributed by atoms with Crippen LogP contribution in [0.5, 0.6) is 0 Å². The van der Waals surface area contributed by atoms with Gasteiger partial charge in [-0.3, -0.25) is 0 Å². The number of rotatable bonds is 2.